The highest BCUT2D eigenvalue weighted by Crippen LogP contribution is 2.21. The first-order chi connectivity index (χ1) is 10.7. The van der Waals surface area contributed by atoms with Gasteiger partial charge in [-0.05, 0) is 30.7 Å². The Labute approximate surface area is 128 Å². The summed E-state index contributed by atoms with van der Waals surface area (Å²) in [4.78, 5) is 28.0. The zero-order valence-electron chi connectivity index (χ0n) is 12.3. The van der Waals surface area contributed by atoms with Gasteiger partial charge in [0.05, 0.1) is 12.7 Å². The average Bonchev–Trinajstić information content (AvgIpc) is 3.02. The van der Waals surface area contributed by atoms with Crippen molar-refractivity contribution in [3.63, 3.8) is 0 Å². The van der Waals surface area contributed by atoms with Crippen LogP contribution < -0.4 is 5.32 Å². The monoisotopic (exact) mass is 299 g/mol. The maximum atomic E-state index is 12.3. The van der Waals surface area contributed by atoms with Gasteiger partial charge in [-0.25, -0.2) is 9.78 Å². The van der Waals surface area contributed by atoms with E-state index in [1.807, 2.05) is 6.20 Å². The first-order valence-corrected chi connectivity index (χ1v) is 7.16. The standard InChI is InChI=1S/C16H17N3O3/c1-22-16(21)11-2-4-13(5-3-11)18-15(20)12-6-8-19-9-7-17-14(19)10-12/h2-5,7,9,12H,6,8,10H2,1H3,(H,18,20). The highest BCUT2D eigenvalue weighted by atomic mass is 16.5. The molecule has 1 amide bonds. The van der Waals surface area contributed by atoms with Crippen LogP contribution in [0.15, 0.2) is 36.7 Å². The molecule has 0 spiro atoms. The number of benzene rings is 1. The fourth-order valence-electron chi connectivity index (χ4n) is 2.63. The van der Waals surface area contributed by atoms with Gasteiger partial charge in [0.25, 0.3) is 0 Å². The summed E-state index contributed by atoms with van der Waals surface area (Å²) in [6.45, 7) is 0.814. The number of hydrogen-bond acceptors (Lipinski definition) is 4. The summed E-state index contributed by atoms with van der Waals surface area (Å²) in [5.41, 5.74) is 1.13. The highest BCUT2D eigenvalue weighted by Gasteiger charge is 2.25. The van der Waals surface area contributed by atoms with Crippen molar-refractivity contribution < 1.29 is 14.3 Å². The van der Waals surface area contributed by atoms with E-state index in [1.165, 1.54) is 7.11 Å². The molecular formula is C16H17N3O3. The van der Waals surface area contributed by atoms with Crippen molar-refractivity contribution in [2.45, 2.75) is 19.4 Å². The van der Waals surface area contributed by atoms with Gasteiger partial charge in [-0.3, -0.25) is 4.79 Å². The zero-order valence-corrected chi connectivity index (χ0v) is 12.3. The van der Waals surface area contributed by atoms with Crippen molar-refractivity contribution in [1.29, 1.82) is 0 Å². The van der Waals surface area contributed by atoms with E-state index in [9.17, 15) is 9.59 Å². The van der Waals surface area contributed by atoms with Gasteiger partial charge in [0.1, 0.15) is 5.82 Å². The van der Waals surface area contributed by atoms with Gasteiger partial charge in [-0.2, -0.15) is 0 Å². The van der Waals surface area contributed by atoms with Crippen molar-refractivity contribution >= 4 is 17.6 Å². The summed E-state index contributed by atoms with van der Waals surface area (Å²) in [6, 6.07) is 6.67. The van der Waals surface area contributed by atoms with Crippen LogP contribution in [-0.4, -0.2) is 28.5 Å². The molecule has 0 saturated carbocycles. The first kappa shape index (κ1) is 14.3. The van der Waals surface area contributed by atoms with Crippen LogP contribution in [0.1, 0.15) is 22.6 Å². The quantitative estimate of drug-likeness (QED) is 0.878. The van der Waals surface area contributed by atoms with Crippen LogP contribution in [0.5, 0.6) is 0 Å². The minimum atomic E-state index is -0.392. The number of fused-ring (bicyclic) bond motifs is 1. The van der Waals surface area contributed by atoms with Crippen LogP contribution in [0.3, 0.4) is 0 Å². The summed E-state index contributed by atoms with van der Waals surface area (Å²) in [5, 5.41) is 2.89. The number of methoxy groups -OCH3 is 1. The molecule has 1 aliphatic heterocycles. The molecule has 2 aromatic rings. The predicted octanol–water partition coefficient (Wildman–Crippen LogP) is 1.87. The fourth-order valence-corrected chi connectivity index (χ4v) is 2.63. The number of aromatic nitrogens is 2. The Hall–Kier alpha value is -2.63. The van der Waals surface area contributed by atoms with E-state index >= 15 is 0 Å². The third kappa shape index (κ3) is 2.86. The Balaban J connectivity index is 1.64. The van der Waals surface area contributed by atoms with Crippen molar-refractivity contribution in [2.24, 2.45) is 5.92 Å². The molecule has 0 radical (unpaired) electrons. The van der Waals surface area contributed by atoms with Gasteiger partial charge >= 0.3 is 5.97 Å². The second kappa shape index (κ2) is 6.01. The minimum Gasteiger partial charge on any atom is -0.465 e. The van der Waals surface area contributed by atoms with E-state index in [4.69, 9.17) is 0 Å². The Morgan fingerprint density at radius 3 is 2.82 bits per heavy atom. The number of imidazole rings is 1. The third-order valence-electron chi connectivity index (χ3n) is 3.89. The number of rotatable bonds is 3. The van der Waals surface area contributed by atoms with Crippen molar-refractivity contribution in [3.8, 4) is 0 Å². The molecule has 1 N–H and O–H groups in total. The summed E-state index contributed by atoms with van der Waals surface area (Å²) in [6.07, 6.45) is 5.16. The number of nitrogens with zero attached hydrogens (tertiary/aromatic N) is 2. The average molecular weight is 299 g/mol. The van der Waals surface area contributed by atoms with Crippen LogP contribution in [0, 0.1) is 5.92 Å². The van der Waals surface area contributed by atoms with Gasteiger partial charge in [-0.1, -0.05) is 0 Å². The minimum absolute atomic E-state index is 0.0138. The predicted molar refractivity (Wildman–Crippen MR) is 80.4 cm³/mol. The lowest BCUT2D eigenvalue weighted by atomic mass is 9.97. The molecule has 6 nitrogen and oxygen atoms in total. The summed E-state index contributed by atoms with van der Waals surface area (Å²) in [5.74, 6) is 0.472. The summed E-state index contributed by atoms with van der Waals surface area (Å²) >= 11 is 0. The van der Waals surface area contributed by atoms with E-state index in [0.717, 1.165) is 18.8 Å². The second-order valence-corrected chi connectivity index (χ2v) is 5.28. The Bertz CT molecular complexity index is 691. The lowest BCUT2D eigenvalue weighted by Gasteiger charge is -2.22. The molecule has 0 fully saturated rings. The summed E-state index contributed by atoms with van der Waals surface area (Å²) < 4.78 is 6.72. The van der Waals surface area contributed by atoms with Gasteiger partial charge in [0.15, 0.2) is 0 Å². The van der Waals surface area contributed by atoms with E-state index in [2.05, 4.69) is 19.6 Å². The van der Waals surface area contributed by atoms with E-state index < -0.39 is 5.97 Å². The lowest BCUT2D eigenvalue weighted by molar-refractivity contribution is -0.120. The number of carbonyl (C=O) groups excluding carboxylic acids is 2. The number of ether oxygens (including phenoxy) is 1. The molecule has 1 unspecified atom stereocenters. The molecule has 6 heteroatoms. The van der Waals surface area contributed by atoms with Crippen LogP contribution in [0.4, 0.5) is 5.69 Å². The van der Waals surface area contributed by atoms with Crippen LogP contribution >= 0.6 is 0 Å². The smallest absolute Gasteiger partial charge is 0.337 e. The highest BCUT2D eigenvalue weighted by molar-refractivity contribution is 5.94. The molecule has 2 heterocycles. The number of hydrogen-bond donors (Lipinski definition) is 1. The Kier molecular flexibility index (Phi) is 3.91. The molecule has 1 atom stereocenters. The van der Waals surface area contributed by atoms with Crippen molar-refractivity contribution in [2.75, 3.05) is 12.4 Å². The van der Waals surface area contributed by atoms with Gasteiger partial charge in [0.2, 0.25) is 5.91 Å². The fraction of sp³-hybridized carbons (Fsp3) is 0.312. The lowest BCUT2D eigenvalue weighted by Crippen LogP contribution is -2.30. The van der Waals surface area contributed by atoms with Crippen LogP contribution in [0.2, 0.25) is 0 Å². The normalized spacial score (nSPS) is 16.7. The van der Waals surface area contributed by atoms with E-state index in [1.54, 1.807) is 30.5 Å². The van der Waals surface area contributed by atoms with Gasteiger partial charge < -0.3 is 14.6 Å². The summed E-state index contributed by atoms with van der Waals surface area (Å²) in [7, 11) is 1.34. The second-order valence-electron chi connectivity index (χ2n) is 5.28. The number of amides is 1. The topological polar surface area (TPSA) is 73.2 Å². The van der Waals surface area contributed by atoms with E-state index in [0.29, 0.717) is 17.7 Å². The Morgan fingerprint density at radius 1 is 1.32 bits per heavy atom. The Morgan fingerprint density at radius 2 is 2.09 bits per heavy atom. The molecule has 22 heavy (non-hydrogen) atoms. The molecule has 1 aromatic heterocycles. The van der Waals surface area contributed by atoms with Crippen LogP contribution in [0.25, 0.3) is 0 Å². The molecule has 114 valence electrons. The van der Waals surface area contributed by atoms with E-state index in [-0.39, 0.29) is 11.8 Å². The van der Waals surface area contributed by atoms with Gasteiger partial charge in [0, 0.05) is 37.0 Å². The zero-order chi connectivity index (χ0) is 15.5. The molecule has 0 saturated heterocycles. The maximum absolute atomic E-state index is 12.3. The number of anilines is 1. The molecular weight excluding hydrogens is 282 g/mol. The first-order valence-electron chi connectivity index (χ1n) is 7.16. The number of esters is 1. The molecule has 1 aliphatic rings. The number of carbonyl (C=O) groups is 2. The van der Waals surface area contributed by atoms with Crippen molar-refractivity contribution in [3.05, 3.63) is 48.0 Å². The van der Waals surface area contributed by atoms with Crippen LogP contribution in [-0.2, 0) is 22.5 Å². The third-order valence-corrected chi connectivity index (χ3v) is 3.89. The molecule has 1 aromatic carbocycles. The maximum Gasteiger partial charge on any atom is 0.337 e. The number of aryl methyl sites for hydroxylation is 1. The van der Waals surface area contributed by atoms with Gasteiger partial charge in [-0.15, -0.1) is 0 Å². The number of nitrogens with one attached hydrogen (secondary N) is 1. The SMILES string of the molecule is COC(=O)c1ccc(NC(=O)C2CCn3ccnc3C2)cc1. The molecule has 0 aliphatic carbocycles. The molecule has 3 rings (SSSR count). The largest absolute Gasteiger partial charge is 0.465 e. The van der Waals surface area contributed by atoms with Crippen molar-refractivity contribution in [1.82, 2.24) is 9.55 Å². The molecule has 0 bridgehead atoms.